The molecule has 0 saturated carbocycles. The second kappa shape index (κ2) is 6.61. The van der Waals surface area contributed by atoms with Gasteiger partial charge in [0.05, 0.1) is 0 Å². The summed E-state index contributed by atoms with van der Waals surface area (Å²) in [5.74, 6) is 0.613. The summed E-state index contributed by atoms with van der Waals surface area (Å²) in [7, 11) is 0. The van der Waals surface area contributed by atoms with Crippen LogP contribution in [0.4, 0.5) is 4.79 Å². The van der Waals surface area contributed by atoms with Crippen LogP contribution in [0, 0.1) is 5.92 Å². The Bertz CT molecular complexity index is 289. The standard InChI is InChI=1S/C13H24N2O3/c1-13(2,3)18-12(16)15-9-6-11(7-10-15)5-4-8-14-17/h8,11,17H,4-7,9-10H2,1-3H3. The summed E-state index contributed by atoms with van der Waals surface area (Å²) in [5, 5.41) is 11.3. The molecule has 0 aromatic rings. The van der Waals surface area contributed by atoms with Gasteiger partial charge in [-0.2, -0.15) is 0 Å². The van der Waals surface area contributed by atoms with Crippen molar-refractivity contribution < 1.29 is 14.7 Å². The van der Waals surface area contributed by atoms with Crippen molar-refractivity contribution in [3.8, 4) is 0 Å². The second-order valence-electron chi connectivity index (χ2n) is 5.79. The van der Waals surface area contributed by atoms with Gasteiger partial charge >= 0.3 is 6.09 Å². The molecule has 1 fully saturated rings. The van der Waals surface area contributed by atoms with Gasteiger partial charge in [-0.15, -0.1) is 5.16 Å². The number of rotatable bonds is 3. The summed E-state index contributed by atoms with van der Waals surface area (Å²) in [6, 6.07) is 0. The Hall–Kier alpha value is -1.26. The van der Waals surface area contributed by atoms with E-state index >= 15 is 0 Å². The third-order valence-corrected chi connectivity index (χ3v) is 3.05. The fourth-order valence-electron chi connectivity index (χ4n) is 2.10. The second-order valence-corrected chi connectivity index (χ2v) is 5.79. The summed E-state index contributed by atoms with van der Waals surface area (Å²) in [5.41, 5.74) is -0.425. The van der Waals surface area contributed by atoms with E-state index in [2.05, 4.69) is 5.16 Å². The molecule has 1 heterocycles. The van der Waals surface area contributed by atoms with Crippen molar-refractivity contribution in [1.29, 1.82) is 0 Å². The smallest absolute Gasteiger partial charge is 0.410 e. The van der Waals surface area contributed by atoms with E-state index in [0.717, 1.165) is 38.8 Å². The van der Waals surface area contributed by atoms with Gasteiger partial charge in [0.2, 0.25) is 0 Å². The highest BCUT2D eigenvalue weighted by molar-refractivity contribution is 5.68. The average molecular weight is 256 g/mol. The zero-order chi connectivity index (χ0) is 13.6. The van der Waals surface area contributed by atoms with Crippen molar-refractivity contribution in [2.75, 3.05) is 13.1 Å². The Balaban J connectivity index is 2.28. The molecule has 1 aliphatic heterocycles. The van der Waals surface area contributed by atoms with Gasteiger partial charge in [-0.3, -0.25) is 0 Å². The zero-order valence-electron chi connectivity index (χ0n) is 11.6. The molecule has 0 aromatic heterocycles. The van der Waals surface area contributed by atoms with E-state index in [0.29, 0.717) is 5.92 Å². The van der Waals surface area contributed by atoms with Crippen LogP contribution in [0.5, 0.6) is 0 Å². The Kier molecular flexibility index (Phi) is 5.44. The first-order valence-electron chi connectivity index (χ1n) is 6.56. The monoisotopic (exact) mass is 256 g/mol. The molecule has 1 amide bonds. The molecule has 5 heteroatoms. The lowest BCUT2D eigenvalue weighted by atomic mass is 9.92. The van der Waals surface area contributed by atoms with E-state index in [1.54, 1.807) is 4.90 Å². The SMILES string of the molecule is CC(C)(C)OC(=O)N1CCC(CCC=NO)CC1. The third kappa shape index (κ3) is 5.38. The number of nitrogens with zero attached hydrogens (tertiary/aromatic N) is 2. The molecule has 1 rings (SSSR count). The number of hydrogen-bond donors (Lipinski definition) is 1. The van der Waals surface area contributed by atoms with Gasteiger partial charge in [0.25, 0.3) is 0 Å². The first-order valence-corrected chi connectivity index (χ1v) is 6.56. The molecule has 0 aliphatic carbocycles. The summed E-state index contributed by atoms with van der Waals surface area (Å²) < 4.78 is 5.34. The van der Waals surface area contributed by atoms with Crippen LogP contribution in [0.3, 0.4) is 0 Å². The topological polar surface area (TPSA) is 62.1 Å². The van der Waals surface area contributed by atoms with Crippen molar-refractivity contribution >= 4 is 12.3 Å². The number of carbonyl (C=O) groups excluding carboxylic acids is 1. The minimum Gasteiger partial charge on any atom is -0.444 e. The van der Waals surface area contributed by atoms with Crippen molar-refractivity contribution in [3.05, 3.63) is 0 Å². The molecular weight excluding hydrogens is 232 g/mol. The predicted octanol–water partition coefficient (Wildman–Crippen LogP) is 2.87. The fourth-order valence-corrected chi connectivity index (χ4v) is 2.10. The summed E-state index contributed by atoms with van der Waals surface area (Å²) in [6.45, 7) is 7.16. The van der Waals surface area contributed by atoms with Crippen LogP contribution in [0.15, 0.2) is 5.16 Å². The minimum absolute atomic E-state index is 0.210. The molecule has 1 aliphatic rings. The summed E-state index contributed by atoms with van der Waals surface area (Å²) in [6.07, 6.45) is 5.13. The summed E-state index contributed by atoms with van der Waals surface area (Å²) in [4.78, 5) is 13.6. The Morgan fingerprint density at radius 2 is 2.06 bits per heavy atom. The van der Waals surface area contributed by atoms with E-state index in [1.807, 2.05) is 20.8 Å². The van der Waals surface area contributed by atoms with Crippen LogP contribution in [-0.4, -0.2) is 41.1 Å². The normalized spacial score (nSPS) is 18.3. The molecule has 18 heavy (non-hydrogen) atoms. The van der Waals surface area contributed by atoms with Crippen molar-refractivity contribution in [1.82, 2.24) is 4.90 Å². The Morgan fingerprint density at radius 3 is 2.56 bits per heavy atom. The van der Waals surface area contributed by atoms with Gasteiger partial charge in [-0.1, -0.05) is 0 Å². The van der Waals surface area contributed by atoms with Gasteiger partial charge in [-0.05, 0) is 52.4 Å². The van der Waals surface area contributed by atoms with E-state index in [1.165, 1.54) is 6.21 Å². The molecule has 0 unspecified atom stereocenters. The highest BCUT2D eigenvalue weighted by Crippen LogP contribution is 2.22. The molecule has 0 aromatic carbocycles. The van der Waals surface area contributed by atoms with Crippen molar-refractivity contribution in [2.24, 2.45) is 11.1 Å². The van der Waals surface area contributed by atoms with Gasteiger partial charge in [0.1, 0.15) is 5.60 Å². The number of carbonyl (C=O) groups is 1. The number of hydrogen-bond acceptors (Lipinski definition) is 4. The zero-order valence-corrected chi connectivity index (χ0v) is 11.6. The van der Waals surface area contributed by atoms with Crippen LogP contribution in [0.25, 0.3) is 0 Å². The van der Waals surface area contributed by atoms with Gasteiger partial charge < -0.3 is 14.8 Å². The van der Waals surface area contributed by atoms with Crippen molar-refractivity contribution in [3.63, 3.8) is 0 Å². The first kappa shape index (κ1) is 14.8. The maximum atomic E-state index is 11.8. The van der Waals surface area contributed by atoms with E-state index in [-0.39, 0.29) is 6.09 Å². The fraction of sp³-hybridized carbons (Fsp3) is 0.846. The highest BCUT2D eigenvalue weighted by Gasteiger charge is 2.26. The molecule has 0 bridgehead atoms. The van der Waals surface area contributed by atoms with E-state index in [4.69, 9.17) is 9.94 Å². The molecule has 0 radical (unpaired) electrons. The molecule has 104 valence electrons. The van der Waals surface area contributed by atoms with Crippen LogP contribution >= 0.6 is 0 Å². The lowest BCUT2D eigenvalue weighted by molar-refractivity contribution is 0.0182. The number of likely N-dealkylation sites (tertiary alicyclic amines) is 1. The number of piperidine rings is 1. The van der Waals surface area contributed by atoms with Crippen LogP contribution in [-0.2, 0) is 4.74 Å². The van der Waals surface area contributed by atoms with Crippen LogP contribution < -0.4 is 0 Å². The lowest BCUT2D eigenvalue weighted by Crippen LogP contribution is -2.41. The molecule has 0 spiro atoms. The average Bonchev–Trinajstić information content (AvgIpc) is 2.28. The molecular formula is C13H24N2O3. The number of amides is 1. The molecule has 1 N–H and O–H groups in total. The quantitative estimate of drug-likeness (QED) is 0.480. The van der Waals surface area contributed by atoms with Crippen LogP contribution in [0.1, 0.15) is 46.5 Å². The largest absolute Gasteiger partial charge is 0.444 e. The minimum atomic E-state index is -0.425. The van der Waals surface area contributed by atoms with E-state index in [9.17, 15) is 4.79 Å². The van der Waals surface area contributed by atoms with Crippen molar-refractivity contribution in [2.45, 2.75) is 52.1 Å². The molecule has 5 nitrogen and oxygen atoms in total. The Labute approximate surface area is 109 Å². The summed E-state index contributed by atoms with van der Waals surface area (Å²) >= 11 is 0. The maximum absolute atomic E-state index is 11.8. The third-order valence-electron chi connectivity index (χ3n) is 3.05. The van der Waals surface area contributed by atoms with Crippen LogP contribution in [0.2, 0.25) is 0 Å². The maximum Gasteiger partial charge on any atom is 0.410 e. The molecule has 1 saturated heterocycles. The van der Waals surface area contributed by atoms with E-state index < -0.39 is 5.60 Å². The number of ether oxygens (including phenoxy) is 1. The van der Waals surface area contributed by atoms with Gasteiger partial charge in [0.15, 0.2) is 0 Å². The predicted molar refractivity (Wildman–Crippen MR) is 70.0 cm³/mol. The molecule has 0 atom stereocenters. The van der Waals surface area contributed by atoms with Gasteiger partial charge in [-0.25, -0.2) is 4.79 Å². The highest BCUT2D eigenvalue weighted by atomic mass is 16.6. The lowest BCUT2D eigenvalue weighted by Gasteiger charge is -2.33. The number of oxime groups is 1. The Morgan fingerprint density at radius 1 is 1.44 bits per heavy atom. The first-order chi connectivity index (χ1) is 8.42. The van der Waals surface area contributed by atoms with Gasteiger partial charge in [0, 0.05) is 19.3 Å².